The number of para-hydroxylation sites is 3. The number of hydrogen-bond acceptors (Lipinski definition) is 3. The summed E-state index contributed by atoms with van der Waals surface area (Å²) in [6.45, 7) is 18.5. The van der Waals surface area contributed by atoms with Gasteiger partial charge in [0.15, 0.2) is 0 Å². The molecule has 1 aliphatic heterocycles. The Balaban J connectivity index is 0.00000616. The fraction of sp³-hybridized carbons (Fsp3) is 0.143. The van der Waals surface area contributed by atoms with E-state index in [1.807, 2.05) is 6.20 Å². The molecule has 0 spiro atoms. The quantitative estimate of drug-likeness (QED) is 0.0733. The van der Waals surface area contributed by atoms with Gasteiger partial charge >= 0.3 is 0 Å². The van der Waals surface area contributed by atoms with Crippen LogP contribution in [0.2, 0.25) is 0 Å². The minimum Gasteiger partial charge on any atom is -0.493 e. The van der Waals surface area contributed by atoms with E-state index in [0.717, 1.165) is 55.4 Å². The van der Waals surface area contributed by atoms with Crippen molar-refractivity contribution in [1.82, 2.24) is 9.55 Å². The van der Waals surface area contributed by atoms with Crippen molar-refractivity contribution in [3.8, 4) is 5.82 Å². The van der Waals surface area contributed by atoms with Crippen molar-refractivity contribution in [2.45, 2.75) is 64.7 Å². The molecule has 12 rings (SSSR count). The summed E-state index contributed by atoms with van der Waals surface area (Å²) in [5, 5.41) is 7.14. The van der Waals surface area contributed by atoms with Crippen LogP contribution in [0, 0.1) is 18.8 Å². The van der Waals surface area contributed by atoms with Crippen LogP contribution in [0.5, 0.6) is 0 Å². The molecule has 0 N–H and O–H groups in total. The van der Waals surface area contributed by atoms with Crippen LogP contribution in [0.3, 0.4) is 0 Å². The Bertz CT molecular complexity index is 3750. The first-order valence-corrected chi connectivity index (χ1v) is 28.2. The van der Waals surface area contributed by atoms with Crippen LogP contribution in [0.25, 0.3) is 27.6 Å². The van der Waals surface area contributed by atoms with E-state index in [2.05, 4.69) is 312 Å². The maximum atomic E-state index is 5.06. The van der Waals surface area contributed by atoms with Crippen LogP contribution in [-0.4, -0.2) is 17.6 Å². The van der Waals surface area contributed by atoms with Crippen LogP contribution >= 0.6 is 0 Å². The molecule has 3 heterocycles. The van der Waals surface area contributed by atoms with Gasteiger partial charge in [-0.05, 0) is 91.5 Å². The molecular weight excluding hydrogens is 1120 g/mol. The third-order valence-electron chi connectivity index (χ3n) is 15.9. The number of fused-ring (bicyclic) bond motifs is 4. The molecule has 0 saturated carbocycles. The third kappa shape index (κ3) is 8.64. The van der Waals surface area contributed by atoms with Crippen LogP contribution in [0.1, 0.15) is 76.3 Å². The Morgan fingerprint density at radius 1 is 0.434 bits per heavy atom. The molecule has 378 valence electrons. The predicted octanol–water partition coefficient (Wildman–Crippen LogP) is 14.5. The second-order valence-corrected chi connectivity index (χ2v) is 25.9. The summed E-state index contributed by atoms with van der Waals surface area (Å²) in [5.74, 6) is 0.889. The van der Waals surface area contributed by atoms with Crippen molar-refractivity contribution in [2.75, 3.05) is 9.80 Å². The van der Waals surface area contributed by atoms with Gasteiger partial charge in [-0.2, -0.15) is 52.8 Å². The zero-order valence-corrected chi connectivity index (χ0v) is 47.5. The van der Waals surface area contributed by atoms with E-state index in [9.17, 15) is 0 Å². The van der Waals surface area contributed by atoms with Gasteiger partial charge in [0.1, 0.15) is 13.9 Å². The van der Waals surface area contributed by atoms with Crippen molar-refractivity contribution in [1.29, 1.82) is 0 Å². The second-order valence-electron chi connectivity index (χ2n) is 22.2. The first-order valence-electron chi connectivity index (χ1n) is 26.2. The zero-order chi connectivity index (χ0) is 51.5. The monoisotopic (exact) mass is 1180 g/mol. The van der Waals surface area contributed by atoms with Crippen molar-refractivity contribution in [3.63, 3.8) is 0 Å². The Morgan fingerprint density at radius 3 is 1.55 bits per heavy atom. The molecule has 0 bridgehead atoms. The van der Waals surface area contributed by atoms with E-state index in [-0.39, 0.29) is 37.3 Å². The number of rotatable bonds is 11. The molecule has 0 saturated heterocycles. The number of pyridine rings is 1. The average molecular weight is 1180 g/mol. The zero-order valence-electron chi connectivity index (χ0n) is 44.2. The summed E-state index contributed by atoms with van der Waals surface area (Å²) in [6.07, 6.45) is 1.95. The second kappa shape index (κ2) is 19.9. The van der Waals surface area contributed by atoms with Crippen LogP contribution in [0.15, 0.2) is 237 Å². The number of aromatic nitrogens is 2. The molecular formula is C70H61N4PtSi-3. The van der Waals surface area contributed by atoms with Gasteiger partial charge in [-0.15, -0.1) is 17.7 Å². The topological polar surface area (TPSA) is 24.3 Å². The Hall–Kier alpha value is -7.56. The molecule has 0 radical (unpaired) electrons. The molecule has 2 aromatic heterocycles. The summed E-state index contributed by atoms with van der Waals surface area (Å²) in [5.41, 5.74) is 12.1. The molecule has 0 aliphatic carbocycles. The fourth-order valence-corrected chi connectivity index (χ4v) is 16.1. The van der Waals surface area contributed by atoms with Crippen LogP contribution in [0.4, 0.5) is 22.7 Å². The molecule has 0 fully saturated rings. The smallest absolute Gasteiger partial charge is 0.135 e. The van der Waals surface area contributed by atoms with Crippen molar-refractivity contribution in [3.05, 3.63) is 283 Å². The summed E-state index contributed by atoms with van der Waals surface area (Å²) in [6, 6.07) is 93.0. The molecule has 76 heavy (non-hydrogen) atoms. The first kappa shape index (κ1) is 50.6. The number of nitrogens with zero attached hydrogens (tertiary/aromatic N) is 4. The number of anilines is 4. The van der Waals surface area contributed by atoms with Gasteiger partial charge < -0.3 is 14.4 Å². The van der Waals surface area contributed by atoms with Gasteiger partial charge in [-0.3, -0.25) is 0 Å². The van der Waals surface area contributed by atoms with Gasteiger partial charge in [0.2, 0.25) is 0 Å². The minimum atomic E-state index is -3.21. The summed E-state index contributed by atoms with van der Waals surface area (Å²) in [4.78, 5) is 9.78. The minimum absolute atomic E-state index is 0. The van der Waals surface area contributed by atoms with Crippen LogP contribution < -0.4 is 30.5 Å². The van der Waals surface area contributed by atoms with Crippen molar-refractivity contribution in [2.24, 2.45) is 0 Å². The summed E-state index contributed by atoms with van der Waals surface area (Å²) in [7, 11) is -3.21. The Kier molecular flexibility index (Phi) is 13.2. The summed E-state index contributed by atoms with van der Waals surface area (Å²) < 4.78 is 2.33. The van der Waals surface area contributed by atoms with Gasteiger partial charge in [-0.1, -0.05) is 212 Å². The van der Waals surface area contributed by atoms with E-state index in [0.29, 0.717) is 0 Å². The van der Waals surface area contributed by atoms with Crippen molar-refractivity contribution < 1.29 is 21.1 Å². The Labute approximate surface area is 464 Å². The molecule has 11 aromatic rings. The van der Waals surface area contributed by atoms with Gasteiger partial charge in [0.25, 0.3) is 0 Å². The van der Waals surface area contributed by atoms with E-state index < -0.39 is 8.07 Å². The van der Waals surface area contributed by atoms with E-state index >= 15 is 0 Å². The normalized spacial score (nSPS) is 13.0. The van der Waals surface area contributed by atoms with E-state index in [1.165, 1.54) is 43.6 Å². The predicted molar refractivity (Wildman–Crippen MR) is 317 cm³/mol. The number of benzene rings is 9. The fourth-order valence-electron chi connectivity index (χ4n) is 11.5. The molecule has 6 heteroatoms. The molecule has 0 atom stereocenters. The van der Waals surface area contributed by atoms with Gasteiger partial charge in [-0.25, -0.2) is 4.98 Å². The maximum absolute atomic E-state index is 5.06. The Morgan fingerprint density at radius 2 is 0.961 bits per heavy atom. The molecule has 1 aliphatic rings. The average Bonchev–Trinajstić information content (AvgIpc) is 4.04. The molecule has 9 aromatic carbocycles. The first-order chi connectivity index (χ1) is 36.3. The number of hydrogen-bond donors (Lipinski definition) is 0. The largest absolute Gasteiger partial charge is 0.493 e. The van der Waals surface area contributed by atoms with E-state index in [4.69, 9.17) is 4.98 Å². The maximum Gasteiger partial charge on any atom is 0.135 e. The van der Waals surface area contributed by atoms with Gasteiger partial charge in [0, 0.05) is 60.7 Å². The van der Waals surface area contributed by atoms with E-state index in [1.54, 1.807) is 0 Å². The van der Waals surface area contributed by atoms with Gasteiger partial charge in [0.05, 0.1) is 0 Å². The molecule has 0 unspecified atom stereocenters. The summed E-state index contributed by atoms with van der Waals surface area (Å²) >= 11 is 0. The van der Waals surface area contributed by atoms with Crippen molar-refractivity contribution >= 4 is 73.4 Å². The standard InChI is InChI=1S/C70H61N4Si.Pt/c1-68(2,3)52-41-42-71-67(46-52)74-63-36-21-20-35-61(63)62-40-39-60(48-66(62)74)75(57-30-16-10-17-31-57,58-32-18-11-19-33-58)59-34-24-29-55(47-59)72-49-73(65-38-23-22-37-64(65)72)56-44-53(69(4,5)50-25-12-8-13-26-50)43-54(45-56)70(6,7)51-27-14-9-15-28-51;/h8-46,49H,1-7H3;/q-3;. The SMILES string of the molecule is CC(C)(C)c1ccnc(-n2c3[c-]c([Si](c4[c-]c(N5[CH-]N(c6cc(C(C)(C)c7ccccc7)cc(C(C)(C)c7ccccc7)c6)c6ccccc65)ccc4)(c4ccccc4)c4ccccc4)ccc3c3ccccc32)c1.[Pt]. The third-order valence-corrected chi connectivity index (χ3v) is 20.5. The van der Waals surface area contributed by atoms with Crippen LogP contribution in [-0.2, 0) is 37.3 Å². The molecule has 4 nitrogen and oxygen atoms in total. The molecule has 0 amide bonds.